The van der Waals surface area contributed by atoms with Crippen LogP contribution in [0.1, 0.15) is 0 Å². The molecule has 1 rings (SSSR count). The molecule has 0 aliphatic carbocycles. The summed E-state index contributed by atoms with van der Waals surface area (Å²) in [5.74, 6) is 1.13. The summed E-state index contributed by atoms with van der Waals surface area (Å²) in [4.78, 5) is 3.52. The summed E-state index contributed by atoms with van der Waals surface area (Å²) >= 11 is 5.42. The van der Waals surface area contributed by atoms with Crippen LogP contribution in [-0.2, 0) is 0 Å². The van der Waals surface area contributed by atoms with Crippen molar-refractivity contribution < 1.29 is 0 Å². The molecule has 0 radical (unpaired) electrons. The Morgan fingerprint density at radius 2 is 2.00 bits per heavy atom. The standard InChI is InChI=1S/C10H14BrNS/c1-12(2)7-8-13-10-6-4-3-5-9(10)11/h3-6H,7-8H2,1-2H3. The third-order valence-corrected chi connectivity index (χ3v) is 3.64. The summed E-state index contributed by atoms with van der Waals surface area (Å²) in [5.41, 5.74) is 0. The van der Waals surface area contributed by atoms with E-state index in [0.717, 1.165) is 12.3 Å². The van der Waals surface area contributed by atoms with Gasteiger partial charge in [0.2, 0.25) is 0 Å². The Kier molecular flexibility index (Phi) is 4.84. The van der Waals surface area contributed by atoms with Gasteiger partial charge in [-0.25, -0.2) is 0 Å². The SMILES string of the molecule is CN(C)CCSc1ccccc1Br. The van der Waals surface area contributed by atoms with Crippen LogP contribution in [0.3, 0.4) is 0 Å². The summed E-state index contributed by atoms with van der Waals surface area (Å²) in [5, 5.41) is 0. The quantitative estimate of drug-likeness (QED) is 0.765. The van der Waals surface area contributed by atoms with Gasteiger partial charge in [0.25, 0.3) is 0 Å². The van der Waals surface area contributed by atoms with Gasteiger partial charge in [-0.2, -0.15) is 0 Å². The number of thioether (sulfide) groups is 1. The lowest BCUT2D eigenvalue weighted by Gasteiger charge is -2.09. The zero-order chi connectivity index (χ0) is 9.68. The summed E-state index contributed by atoms with van der Waals surface area (Å²) in [6.45, 7) is 1.12. The molecule has 0 saturated heterocycles. The molecule has 0 spiro atoms. The fourth-order valence-corrected chi connectivity index (χ4v) is 2.59. The van der Waals surface area contributed by atoms with Crippen LogP contribution in [0.25, 0.3) is 0 Å². The molecule has 3 heteroatoms. The Morgan fingerprint density at radius 3 is 2.62 bits per heavy atom. The van der Waals surface area contributed by atoms with Gasteiger partial charge in [0.15, 0.2) is 0 Å². The fourth-order valence-electron chi connectivity index (χ4n) is 0.900. The molecule has 0 heterocycles. The number of nitrogens with zero attached hydrogens (tertiary/aromatic N) is 1. The topological polar surface area (TPSA) is 3.24 Å². The van der Waals surface area contributed by atoms with Crippen molar-refractivity contribution >= 4 is 27.7 Å². The first kappa shape index (κ1) is 11.1. The lowest BCUT2D eigenvalue weighted by atomic mass is 10.4. The molecule has 1 aromatic carbocycles. The first-order valence-corrected chi connectivity index (χ1v) is 6.00. The molecule has 0 fully saturated rings. The van der Waals surface area contributed by atoms with Gasteiger partial charge in [-0.1, -0.05) is 12.1 Å². The molecule has 0 bridgehead atoms. The second kappa shape index (κ2) is 5.68. The van der Waals surface area contributed by atoms with Gasteiger partial charge in [-0.3, -0.25) is 0 Å². The number of hydrogen-bond acceptors (Lipinski definition) is 2. The molecule has 0 atom stereocenters. The van der Waals surface area contributed by atoms with Gasteiger partial charge in [-0.05, 0) is 42.2 Å². The third-order valence-electron chi connectivity index (χ3n) is 1.63. The van der Waals surface area contributed by atoms with Crippen molar-refractivity contribution in [2.24, 2.45) is 0 Å². The average Bonchev–Trinajstić information content (AvgIpc) is 2.08. The Bertz CT molecular complexity index is 263. The molecule has 1 nitrogen and oxygen atoms in total. The van der Waals surface area contributed by atoms with Crippen molar-refractivity contribution in [1.82, 2.24) is 4.90 Å². The molecule has 72 valence electrons. The van der Waals surface area contributed by atoms with E-state index in [1.54, 1.807) is 0 Å². The maximum Gasteiger partial charge on any atom is 0.0311 e. The summed E-state index contributed by atoms with van der Waals surface area (Å²) in [6, 6.07) is 8.34. The van der Waals surface area contributed by atoms with Gasteiger partial charge in [0.05, 0.1) is 0 Å². The first-order chi connectivity index (χ1) is 6.20. The second-order valence-corrected chi connectivity index (χ2v) is 5.07. The Labute approximate surface area is 92.6 Å². The molecule has 0 saturated carbocycles. The lowest BCUT2D eigenvalue weighted by molar-refractivity contribution is 0.437. The van der Waals surface area contributed by atoms with Crippen LogP contribution in [0.5, 0.6) is 0 Å². The zero-order valence-corrected chi connectivity index (χ0v) is 10.4. The fraction of sp³-hybridized carbons (Fsp3) is 0.400. The van der Waals surface area contributed by atoms with Crippen LogP contribution in [0.15, 0.2) is 33.6 Å². The highest BCUT2D eigenvalue weighted by molar-refractivity contribution is 9.10. The van der Waals surface area contributed by atoms with Crippen molar-refractivity contribution in [3.63, 3.8) is 0 Å². The van der Waals surface area contributed by atoms with Gasteiger partial charge in [-0.15, -0.1) is 11.8 Å². The van der Waals surface area contributed by atoms with Crippen LogP contribution in [-0.4, -0.2) is 31.3 Å². The highest BCUT2D eigenvalue weighted by Crippen LogP contribution is 2.26. The Hall–Kier alpha value is 0.01000. The minimum absolute atomic E-state index is 1.12. The van der Waals surface area contributed by atoms with Crippen LogP contribution in [0.2, 0.25) is 0 Å². The van der Waals surface area contributed by atoms with Crippen molar-refractivity contribution in [3.8, 4) is 0 Å². The minimum atomic E-state index is 1.12. The molecule has 13 heavy (non-hydrogen) atoms. The van der Waals surface area contributed by atoms with E-state index in [1.165, 1.54) is 9.37 Å². The molecule has 1 aromatic rings. The number of halogens is 1. The predicted molar refractivity (Wildman–Crippen MR) is 63.4 cm³/mol. The van der Waals surface area contributed by atoms with Crippen LogP contribution < -0.4 is 0 Å². The zero-order valence-electron chi connectivity index (χ0n) is 7.96. The lowest BCUT2D eigenvalue weighted by Crippen LogP contribution is -2.14. The van der Waals surface area contributed by atoms with Crippen LogP contribution >= 0.6 is 27.7 Å². The molecule has 0 unspecified atom stereocenters. The summed E-state index contributed by atoms with van der Waals surface area (Å²) in [6.07, 6.45) is 0. The molecule has 0 N–H and O–H groups in total. The van der Waals surface area contributed by atoms with E-state index in [9.17, 15) is 0 Å². The first-order valence-electron chi connectivity index (χ1n) is 4.22. The van der Waals surface area contributed by atoms with Crippen molar-refractivity contribution in [2.75, 3.05) is 26.4 Å². The predicted octanol–water partition coefficient (Wildman–Crippen LogP) is 3.10. The third kappa shape index (κ3) is 4.16. The molecular formula is C10H14BrNS. The van der Waals surface area contributed by atoms with E-state index in [0.29, 0.717) is 0 Å². The van der Waals surface area contributed by atoms with Crippen molar-refractivity contribution in [2.45, 2.75) is 4.90 Å². The Morgan fingerprint density at radius 1 is 1.31 bits per heavy atom. The van der Waals surface area contributed by atoms with E-state index in [1.807, 2.05) is 17.8 Å². The molecule has 0 aromatic heterocycles. The highest BCUT2D eigenvalue weighted by Gasteiger charge is 1.98. The van der Waals surface area contributed by atoms with Gasteiger partial charge < -0.3 is 4.90 Å². The van der Waals surface area contributed by atoms with E-state index in [-0.39, 0.29) is 0 Å². The molecule has 0 amide bonds. The average molecular weight is 260 g/mol. The molecule has 0 aliphatic rings. The van der Waals surface area contributed by atoms with Crippen LogP contribution in [0.4, 0.5) is 0 Å². The van der Waals surface area contributed by atoms with Gasteiger partial charge in [0.1, 0.15) is 0 Å². The number of hydrogen-bond donors (Lipinski definition) is 0. The van der Waals surface area contributed by atoms with Gasteiger partial charge in [0, 0.05) is 21.7 Å². The van der Waals surface area contributed by atoms with E-state index >= 15 is 0 Å². The Balaban J connectivity index is 2.41. The van der Waals surface area contributed by atoms with Crippen molar-refractivity contribution in [3.05, 3.63) is 28.7 Å². The maximum atomic E-state index is 3.53. The van der Waals surface area contributed by atoms with E-state index < -0.39 is 0 Å². The summed E-state index contributed by atoms with van der Waals surface area (Å²) < 4.78 is 1.19. The monoisotopic (exact) mass is 259 g/mol. The van der Waals surface area contributed by atoms with E-state index in [4.69, 9.17) is 0 Å². The van der Waals surface area contributed by atoms with E-state index in [2.05, 4.69) is 53.1 Å². The van der Waals surface area contributed by atoms with Crippen LogP contribution in [0, 0.1) is 0 Å². The molecule has 0 aliphatic heterocycles. The van der Waals surface area contributed by atoms with Gasteiger partial charge >= 0.3 is 0 Å². The smallest absolute Gasteiger partial charge is 0.0311 e. The maximum absolute atomic E-state index is 3.53. The molecular weight excluding hydrogens is 246 g/mol. The van der Waals surface area contributed by atoms with Crippen molar-refractivity contribution in [1.29, 1.82) is 0 Å². The highest BCUT2D eigenvalue weighted by atomic mass is 79.9. The summed E-state index contributed by atoms with van der Waals surface area (Å²) in [7, 11) is 4.20. The second-order valence-electron chi connectivity index (χ2n) is 3.08. The number of rotatable bonds is 4. The normalized spacial score (nSPS) is 10.8. The number of benzene rings is 1. The minimum Gasteiger partial charge on any atom is -0.309 e. The largest absolute Gasteiger partial charge is 0.309 e.